The summed E-state index contributed by atoms with van der Waals surface area (Å²) in [5.74, 6) is 0.547. The van der Waals surface area contributed by atoms with Gasteiger partial charge in [-0.1, -0.05) is 4.98 Å². The minimum absolute atomic E-state index is 0.516. The summed E-state index contributed by atoms with van der Waals surface area (Å²) in [6, 6.07) is 3.97. The maximum Gasteiger partial charge on any atom is 0.304 e. The van der Waals surface area contributed by atoms with E-state index in [0.717, 1.165) is 5.69 Å². The third-order valence-electron chi connectivity index (χ3n) is 2.18. The Morgan fingerprint density at radius 1 is 1.50 bits per heavy atom. The van der Waals surface area contributed by atoms with Crippen molar-refractivity contribution in [3.05, 3.63) is 30.5 Å². The predicted octanol–water partition coefficient (Wildman–Crippen LogP) is 0.0191. The monoisotopic (exact) mass is 215 g/mol. The van der Waals surface area contributed by atoms with Gasteiger partial charge in [0, 0.05) is 14.1 Å². The highest BCUT2D eigenvalue weighted by molar-refractivity contribution is 5.62. The molecule has 2 aromatic rings. The molecule has 2 rings (SSSR count). The van der Waals surface area contributed by atoms with Crippen LogP contribution in [0.4, 0.5) is 5.69 Å². The fraction of sp³-hybridized carbons (Fsp3) is 0.200. The fourth-order valence-corrected chi connectivity index (χ4v) is 1.45. The summed E-state index contributed by atoms with van der Waals surface area (Å²) < 4.78 is 1.60. The lowest BCUT2D eigenvalue weighted by molar-refractivity contribution is -0.660. The Morgan fingerprint density at radius 3 is 2.88 bits per heavy atom. The van der Waals surface area contributed by atoms with Gasteiger partial charge in [-0.3, -0.25) is 0 Å². The topological polar surface area (TPSA) is 72.5 Å². The number of aromatic nitrogens is 4. The van der Waals surface area contributed by atoms with E-state index in [0.29, 0.717) is 11.4 Å². The lowest BCUT2D eigenvalue weighted by Gasteiger charge is -2.13. The summed E-state index contributed by atoms with van der Waals surface area (Å²) in [6.45, 7) is 0. The van der Waals surface area contributed by atoms with Gasteiger partial charge in [0.15, 0.2) is 11.9 Å². The SMILES string of the molecule is CN(C)c1ccnc(-[n+]2cnc[nH]2)c1C#N. The molecule has 2 aromatic heterocycles. The van der Waals surface area contributed by atoms with Crippen LogP contribution >= 0.6 is 0 Å². The molecule has 0 atom stereocenters. The molecular weight excluding hydrogens is 204 g/mol. The van der Waals surface area contributed by atoms with E-state index in [1.807, 2.05) is 19.0 Å². The maximum absolute atomic E-state index is 9.18. The van der Waals surface area contributed by atoms with Crippen molar-refractivity contribution in [2.24, 2.45) is 0 Å². The van der Waals surface area contributed by atoms with E-state index >= 15 is 0 Å². The van der Waals surface area contributed by atoms with Crippen molar-refractivity contribution in [1.29, 1.82) is 5.26 Å². The first kappa shape index (κ1) is 10.1. The van der Waals surface area contributed by atoms with Crippen molar-refractivity contribution >= 4 is 5.69 Å². The summed E-state index contributed by atoms with van der Waals surface area (Å²) in [7, 11) is 3.77. The molecule has 0 amide bonds. The number of rotatable bonds is 2. The average Bonchev–Trinajstić information content (AvgIpc) is 2.81. The number of aromatic amines is 1. The summed E-state index contributed by atoms with van der Waals surface area (Å²) in [5, 5.41) is 12.1. The largest absolute Gasteiger partial charge is 0.376 e. The van der Waals surface area contributed by atoms with E-state index in [2.05, 4.69) is 21.1 Å². The van der Waals surface area contributed by atoms with Crippen molar-refractivity contribution < 1.29 is 4.68 Å². The molecule has 2 heterocycles. The Balaban J connectivity index is 2.64. The average molecular weight is 215 g/mol. The van der Waals surface area contributed by atoms with Gasteiger partial charge in [-0.05, 0) is 6.07 Å². The molecule has 0 spiro atoms. The van der Waals surface area contributed by atoms with Crippen molar-refractivity contribution in [2.75, 3.05) is 19.0 Å². The van der Waals surface area contributed by atoms with Crippen LogP contribution in [0.5, 0.6) is 0 Å². The first-order valence-corrected chi connectivity index (χ1v) is 4.71. The molecule has 6 nitrogen and oxygen atoms in total. The van der Waals surface area contributed by atoms with Gasteiger partial charge in [0.1, 0.15) is 12.3 Å². The van der Waals surface area contributed by atoms with Crippen molar-refractivity contribution in [3.63, 3.8) is 0 Å². The Hall–Kier alpha value is -2.42. The van der Waals surface area contributed by atoms with Crippen LogP contribution in [0.2, 0.25) is 0 Å². The zero-order valence-electron chi connectivity index (χ0n) is 9.05. The zero-order valence-corrected chi connectivity index (χ0v) is 9.05. The number of hydrogen-bond acceptors (Lipinski definition) is 4. The molecule has 6 heteroatoms. The second kappa shape index (κ2) is 3.98. The van der Waals surface area contributed by atoms with Crippen molar-refractivity contribution in [3.8, 4) is 11.9 Å². The van der Waals surface area contributed by atoms with Crippen molar-refractivity contribution in [2.45, 2.75) is 0 Å². The number of hydrogen-bond donors (Lipinski definition) is 1. The Kier molecular flexibility index (Phi) is 2.52. The molecule has 0 saturated heterocycles. The minimum Gasteiger partial charge on any atom is -0.376 e. The van der Waals surface area contributed by atoms with Gasteiger partial charge in [0.05, 0.1) is 5.69 Å². The molecule has 0 aliphatic rings. The molecule has 16 heavy (non-hydrogen) atoms. The summed E-state index contributed by atoms with van der Waals surface area (Å²) in [6.07, 6.45) is 4.77. The Morgan fingerprint density at radius 2 is 2.31 bits per heavy atom. The van der Waals surface area contributed by atoms with E-state index < -0.39 is 0 Å². The van der Waals surface area contributed by atoms with Gasteiger partial charge in [-0.25, -0.2) is 5.10 Å². The number of pyridine rings is 1. The minimum atomic E-state index is 0.516. The van der Waals surface area contributed by atoms with Crippen LogP contribution in [0, 0.1) is 11.3 Å². The molecular formula is C10H11N6+. The number of nitrogens with one attached hydrogen (secondary N) is 1. The fourth-order valence-electron chi connectivity index (χ4n) is 1.45. The summed E-state index contributed by atoms with van der Waals surface area (Å²) in [5.41, 5.74) is 1.34. The molecule has 0 radical (unpaired) electrons. The number of nitrogens with zero attached hydrogens (tertiary/aromatic N) is 5. The van der Waals surface area contributed by atoms with Gasteiger partial charge in [0.25, 0.3) is 0 Å². The lowest BCUT2D eigenvalue weighted by Crippen LogP contribution is -2.34. The Labute approximate surface area is 92.8 Å². The van der Waals surface area contributed by atoms with Gasteiger partial charge in [-0.15, -0.1) is 9.67 Å². The summed E-state index contributed by atoms with van der Waals surface area (Å²) in [4.78, 5) is 9.95. The summed E-state index contributed by atoms with van der Waals surface area (Å²) >= 11 is 0. The molecule has 80 valence electrons. The van der Waals surface area contributed by atoms with Gasteiger partial charge < -0.3 is 4.90 Å². The highest BCUT2D eigenvalue weighted by Gasteiger charge is 2.18. The number of H-pyrrole nitrogens is 1. The molecule has 0 fully saturated rings. The van der Waals surface area contributed by atoms with Gasteiger partial charge in [0.2, 0.25) is 6.33 Å². The van der Waals surface area contributed by atoms with Crippen LogP contribution in [-0.2, 0) is 0 Å². The van der Waals surface area contributed by atoms with Crippen LogP contribution in [-0.4, -0.2) is 29.2 Å². The first-order valence-electron chi connectivity index (χ1n) is 4.71. The highest BCUT2D eigenvalue weighted by Crippen LogP contribution is 2.18. The van der Waals surface area contributed by atoms with E-state index in [4.69, 9.17) is 0 Å². The smallest absolute Gasteiger partial charge is 0.304 e. The van der Waals surface area contributed by atoms with Gasteiger partial charge in [-0.2, -0.15) is 5.26 Å². The van der Waals surface area contributed by atoms with Crippen LogP contribution in [0.15, 0.2) is 24.9 Å². The predicted molar refractivity (Wildman–Crippen MR) is 57.0 cm³/mol. The molecule has 0 bridgehead atoms. The lowest BCUT2D eigenvalue weighted by atomic mass is 10.2. The van der Waals surface area contributed by atoms with Crippen LogP contribution in [0.1, 0.15) is 5.56 Å². The van der Waals surface area contributed by atoms with Gasteiger partial charge >= 0.3 is 5.82 Å². The molecule has 1 N–H and O–H groups in total. The standard InChI is InChI=1S/C10H10N6/c1-15(2)9-3-4-13-10(8(9)5-11)16-7-12-6-14-16/h3-4,6-7H,1-2H3/p+1. The van der Waals surface area contributed by atoms with Crippen molar-refractivity contribution in [1.82, 2.24) is 15.1 Å². The third kappa shape index (κ3) is 1.59. The van der Waals surface area contributed by atoms with Crippen LogP contribution in [0.25, 0.3) is 5.82 Å². The second-order valence-corrected chi connectivity index (χ2v) is 3.43. The molecule has 0 aromatic carbocycles. The molecule has 0 aliphatic heterocycles. The third-order valence-corrected chi connectivity index (χ3v) is 2.18. The number of nitriles is 1. The maximum atomic E-state index is 9.18. The number of anilines is 1. The Bertz CT molecular complexity index is 523. The molecule has 0 aliphatic carbocycles. The second-order valence-electron chi connectivity index (χ2n) is 3.43. The quantitative estimate of drug-likeness (QED) is 0.717. The highest BCUT2D eigenvalue weighted by atomic mass is 15.3. The van der Waals surface area contributed by atoms with E-state index in [1.54, 1.807) is 23.3 Å². The zero-order chi connectivity index (χ0) is 11.5. The molecule has 0 unspecified atom stereocenters. The van der Waals surface area contributed by atoms with E-state index in [1.165, 1.54) is 6.33 Å². The van der Waals surface area contributed by atoms with E-state index in [9.17, 15) is 5.26 Å². The van der Waals surface area contributed by atoms with Crippen LogP contribution < -0.4 is 9.58 Å². The normalized spacial score (nSPS) is 9.81. The van der Waals surface area contributed by atoms with E-state index in [-0.39, 0.29) is 0 Å². The van der Waals surface area contributed by atoms with Crippen LogP contribution in [0.3, 0.4) is 0 Å². The first-order chi connectivity index (χ1) is 7.74. The molecule has 0 saturated carbocycles.